The Morgan fingerprint density at radius 2 is 2.20 bits per heavy atom. The number of nitrogens with two attached hydrogens (primary N) is 1. The van der Waals surface area contributed by atoms with Gasteiger partial charge in [0.25, 0.3) is 0 Å². The van der Waals surface area contributed by atoms with Crippen LogP contribution < -0.4 is 11.1 Å². The number of rotatable bonds is 4. The van der Waals surface area contributed by atoms with E-state index in [1.807, 2.05) is 26.8 Å². The first-order valence-corrected chi connectivity index (χ1v) is 4.96. The van der Waals surface area contributed by atoms with Crippen LogP contribution in [-0.4, -0.2) is 24.2 Å². The maximum absolute atomic E-state index is 5.62. The van der Waals surface area contributed by atoms with Crippen LogP contribution in [0.4, 0.5) is 11.5 Å². The summed E-state index contributed by atoms with van der Waals surface area (Å²) in [5, 5.41) is 3.24. The number of nitrogens with one attached hydrogen (secondary N) is 1. The van der Waals surface area contributed by atoms with Gasteiger partial charge in [-0.3, -0.25) is 0 Å². The predicted octanol–water partition coefficient (Wildman–Crippen LogP) is 1.81. The summed E-state index contributed by atoms with van der Waals surface area (Å²) in [5.41, 5.74) is 7.15. The van der Waals surface area contributed by atoms with Crippen LogP contribution in [0, 0.1) is 6.92 Å². The van der Waals surface area contributed by atoms with Gasteiger partial charge in [0.15, 0.2) is 0 Å². The zero-order valence-electron chi connectivity index (χ0n) is 9.79. The van der Waals surface area contributed by atoms with Crippen molar-refractivity contribution in [3.05, 3.63) is 17.8 Å². The number of ether oxygens (including phenoxy) is 1. The van der Waals surface area contributed by atoms with Gasteiger partial charge in [-0.2, -0.15) is 0 Å². The fourth-order valence-corrected chi connectivity index (χ4v) is 1.15. The van der Waals surface area contributed by atoms with Gasteiger partial charge in [0.1, 0.15) is 5.82 Å². The number of hydrogen-bond acceptors (Lipinski definition) is 4. The van der Waals surface area contributed by atoms with E-state index in [2.05, 4.69) is 10.3 Å². The molecular weight excluding hydrogens is 190 g/mol. The standard InChI is InChI=1S/C11H19N3O/c1-8-5-9(12)6-13-10(8)14-7-11(2,3)15-4/h5-6H,7,12H2,1-4H3,(H,13,14). The number of methoxy groups -OCH3 is 1. The van der Waals surface area contributed by atoms with Crippen molar-refractivity contribution in [1.29, 1.82) is 0 Å². The molecule has 4 heteroatoms. The zero-order valence-corrected chi connectivity index (χ0v) is 9.79. The number of aromatic nitrogens is 1. The quantitative estimate of drug-likeness (QED) is 0.794. The molecule has 0 aromatic carbocycles. The third-order valence-electron chi connectivity index (χ3n) is 2.33. The molecule has 0 bridgehead atoms. The lowest BCUT2D eigenvalue weighted by atomic mass is 10.1. The van der Waals surface area contributed by atoms with E-state index in [4.69, 9.17) is 10.5 Å². The first kappa shape index (κ1) is 11.8. The highest BCUT2D eigenvalue weighted by Gasteiger charge is 2.16. The average molecular weight is 209 g/mol. The van der Waals surface area contributed by atoms with E-state index >= 15 is 0 Å². The van der Waals surface area contributed by atoms with Gasteiger partial charge in [-0.1, -0.05) is 0 Å². The fraction of sp³-hybridized carbons (Fsp3) is 0.545. The van der Waals surface area contributed by atoms with Crippen LogP contribution in [0.2, 0.25) is 0 Å². The number of nitrogen functional groups attached to an aromatic ring is 1. The van der Waals surface area contributed by atoms with E-state index in [1.165, 1.54) is 0 Å². The molecule has 0 amide bonds. The molecule has 1 heterocycles. The van der Waals surface area contributed by atoms with E-state index in [-0.39, 0.29) is 5.60 Å². The minimum Gasteiger partial charge on any atom is -0.397 e. The summed E-state index contributed by atoms with van der Waals surface area (Å²) in [6, 6.07) is 1.90. The lowest BCUT2D eigenvalue weighted by Gasteiger charge is -2.23. The lowest BCUT2D eigenvalue weighted by molar-refractivity contribution is 0.0343. The van der Waals surface area contributed by atoms with E-state index in [0.29, 0.717) is 12.2 Å². The Hall–Kier alpha value is -1.29. The monoisotopic (exact) mass is 209 g/mol. The number of anilines is 2. The minimum absolute atomic E-state index is 0.199. The van der Waals surface area contributed by atoms with Crippen molar-refractivity contribution in [1.82, 2.24) is 4.98 Å². The van der Waals surface area contributed by atoms with Crippen LogP contribution in [0.5, 0.6) is 0 Å². The van der Waals surface area contributed by atoms with Gasteiger partial charge in [0.05, 0.1) is 17.5 Å². The van der Waals surface area contributed by atoms with Gasteiger partial charge in [-0.05, 0) is 32.4 Å². The molecule has 1 rings (SSSR count). The Morgan fingerprint density at radius 3 is 2.73 bits per heavy atom. The molecule has 84 valence electrons. The highest BCUT2D eigenvalue weighted by Crippen LogP contribution is 2.15. The van der Waals surface area contributed by atoms with Crippen molar-refractivity contribution in [3.8, 4) is 0 Å². The van der Waals surface area contributed by atoms with Crippen molar-refractivity contribution in [2.45, 2.75) is 26.4 Å². The van der Waals surface area contributed by atoms with Gasteiger partial charge in [-0.25, -0.2) is 4.98 Å². The van der Waals surface area contributed by atoms with Gasteiger partial charge in [0, 0.05) is 13.7 Å². The maximum atomic E-state index is 5.62. The van der Waals surface area contributed by atoms with Gasteiger partial charge in [-0.15, -0.1) is 0 Å². The molecule has 0 aliphatic heterocycles. The molecule has 1 aromatic rings. The molecule has 1 aromatic heterocycles. The summed E-state index contributed by atoms with van der Waals surface area (Å²) in [6.07, 6.45) is 1.65. The molecular formula is C11H19N3O. The number of aryl methyl sites for hydroxylation is 1. The topological polar surface area (TPSA) is 60.2 Å². The highest BCUT2D eigenvalue weighted by atomic mass is 16.5. The second-order valence-electron chi connectivity index (χ2n) is 4.25. The smallest absolute Gasteiger partial charge is 0.129 e. The molecule has 0 spiro atoms. The number of nitrogens with zero attached hydrogens (tertiary/aromatic N) is 1. The first-order chi connectivity index (χ1) is 6.94. The van der Waals surface area contributed by atoms with Crippen LogP contribution in [0.1, 0.15) is 19.4 Å². The van der Waals surface area contributed by atoms with E-state index in [9.17, 15) is 0 Å². The van der Waals surface area contributed by atoms with Gasteiger partial charge in [0.2, 0.25) is 0 Å². The molecule has 0 atom stereocenters. The summed E-state index contributed by atoms with van der Waals surface area (Å²) >= 11 is 0. The second kappa shape index (κ2) is 4.49. The first-order valence-electron chi connectivity index (χ1n) is 4.96. The summed E-state index contributed by atoms with van der Waals surface area (Å²) in [4.78, 5) is 4.22. The van der Waals surface area contributed by atoms with Crippen LogP contribution in [0.25, 0.3) is 0 Å². The van der Waals surface area contributed by atoms with Crippen molar-refractivity contribution in [2.24, 2.45) is 0 Å². The summed E-state index contributed by atoms with van der Waals surface area (Å²) in [5.74, 6) is 0.856. The fourth-order valence-electron chi connectivity index (χ4n) is 1.15. The Bertz CT molecular complexity index is 337. The minimum atomic E-state index is -0.199. The Morgan fingerprint density at radius 1 is 1.53 bits per heavy atom. The zero-order chi connectivity index (χ0) is 11.5. The molecule has 0 radical (unpaired) electrons. The van der Waals surface area contributed by atoms with Crippen LogP contribution in [0.15, 0.2) is 12.3 Å². The molecule has 0 aliphatic rings. The molecule has 0 fully saturated rings. The predicted molar refractivity (Wildman–Crippen MR) is 63.0 cm³/mol. The summed E-state index contributed by atoms with van der Waals surface area (Å²) in [6.45, 7) is 6.73. The highest BCUT2D eigenvalue weighted by molar-refractivity contribution is 5.50. The SMILES string of the molecule is COC(C)(C)CNc1ncc(N)cc1C. The van der Waals surface area contributed by atoms with Crippen molar-refractivity contribution < 1.29 is 4.74 Å². The summed E-state index contributed by atoms with van der Waals surface area (Å²) in [7, 11) is 1.70. The molecule has 0 aliphatic carbocycles. The normalized spacial score (nSPS) is 11.5. The van der Waals surface area contributed by atoms with Crippen LogP contribution in [0.3, 0.4) is 0 Å². The molecule has 4 nitrogen and oxygen atoms in total. The number of pyridine rings is 1. The Balaban J connectivity index is 2.66. The Kier molecular flexibility index (Phi) is 3.52. The number of hydrogen-bond donors (Lipinski definition) is 2. The molecule has 15 heavy (non-hydrogen) atoms. The van der Waals surface area contributed by atoms with Crippen LogP contribution in [-0.2, 0) is 4.74 Å². The molecule has 0 unspecified atom stereocenters. The molecule has 0 saturated heterocycles. The van der Waals surface area contributed by atoms with Crippen molar-refractivity contribution >= 4 is 11.5 Å². The van der Waals surface area contributed by atoms with Crippen molar-refractivity contribution in [3.63, 3.8) is 0 Å². The Labute approximate surface area is 90.8 Å². The van der Waals surface area contributed by atoms with E-state index < -0.39 is 0 Å². The molecule has 0 saturated carbocycles. The second-order valence-corrected chi connectivity index (χ2v) is 4.25. The van der Waals surface area contributed by atoms with Crippen molar-refractivity contribution in [2.75, 3.05) is 24.7 Å². The third kappa shape index (κ3) is 3.40. The lowest BCUT2D eigenvalue weighted by Crippen LogP contribution is -2.32. The average Bonchev–Trinajstić information content (AvgIpc) is 2.16. The van der Waals surface area contributed by atoms with E-state index in [0.717, 1.165) is 11.4 Å². The van der Waals surface area contributed by atoms with Crippen LogP contribution >= 0.6 is 0 Å². The maximum Gasteiger partial charge on any atom is 0.129 e. The third-order valence-corrected chi connectivity index (χ3v) is 2.33. The van der Waals surface area contributed by atoms with Gasteiger partial charge < -0.3 is 15.8 Å². The van der Waals surface area contributed by atoms with Gasteiger partial charge >= 0.3 is 0 Å². The van der Waals surface area contributed by atoms with E-state index in [1.54, 1.807) is 13.3 Å². The molecule has 3 N–H and O–H groups in total. The largest absolute Gasteiger partial charge is 0.397 e. The summed E-state index contributed by atoms with van der Waals surface area (Å²) < 4.78 is 5.31.